The van der Waals surface area contributed by atoms with Crippen molar-refractivity contribution in [2.24, 2.45) is 0 Å². The predicted molar refractivity (Wildman–Crippen MR) is 55.4 cm³/mol. The van der Waals surface area contributed by atoms with Gasteiger partial charge in [0, 0.05) is 11.0 Å². The zero-order chi connectivity index (χ0) is 9.84. The van der Waals surface area contributed by atoms with E-state index in [4.69, 9.17) is 5.73 Å². The average Bonchev–Trinajstić information content (AvgIpc) is 2.04. The van der Waals surface area contributed by atoms with E-state index in [-0.39, 0.29) is 0 Å². The number of allylic oxidation sites excluding steroid dienone is 1. The van der Waals surface area contributed by atoms with Crippen LogP contribution in [0.2, 0.25) is 0 Å². The SMILES string of the molecule is C=CCc1ccc([N+](=O)[S-])c(N)c1. The molecule has 3 nitrogen and oxygen atoms in total. The summed E-state index contributed by atoms with van der Waals surface area (Å²) in [4.78, 5) is 10.8. The Hall–Kier alpha value is -1.42. The standard InChI is InChI=1S/C9H10N2OS/c1-2-3-7-4-5-9(11(12)13)8(10)6-7/h2,4-6H,1,3,10H2. The fourth-order valence-corrected chi connectivity index (χ4v) is 1.23. The summed E-state index contributed by atoms with van der Waals surface area (Å²) in [5.74, 6) is 0. The Bertz CT molecular complexity index is 349. The van der Waals surface area contributed by atoms with Crippen molar-refractivity contribution in [2.75, 3.05) is 5.73 Å². The van der Waals surface area contributed by atoms with Gasteiger partial charge in [0.15, 0.2) is 0 Å². The smallest absolute Gasteiger partial charge is 0.260 e. The number of benzene rings is 1. The lowest BCUT2D eigenvalue weighted by Gasteiger charge is -2.01. The van der Waals surface area contributed by atoms with E-state index >= 15 is 0 Å². The molecule has 1 rings (SSSR count). The summed E-state index contributed by atoms with van der Waals surface area (Å²) in [5.41, 5.74) is 7.36. The normalized spacial score (nSPS) is 9.54. The molecule has 0 aliphatic heterocycles. The van der Waals surface area contributed by atoms with Crippen molar-refractivity contribution in [1.29, 1.82) is 0 Å². The molecule has 1 aromatic carbocycles. The summed E-state index contributed by atoms with van der Waals surface area (Å²) < 4.78 is 0.340. The van der Waals surface area contributed by atoms with E-state index in [1.165, 1.54) is 0 Å². The lowest BCUT2D eigenvalue weighted by molar-refractivity contribution is -0.261. The van der Waals surface area contributed by atoms with Crippen molar-refractivity contribution in [3.8, 4) is 0 Å². The molecule has 0 fully saturated rings. The molecule has 0 saturated carbocycles. The van der Waals surface area contributed by atoms with Crippen molar-refractivity contribution in [2.45, 2.75) is 6.42 Å². The number of nitroso groups, excluding NO2 is 1. The summed E-state index contributed by atoms with van der Waals surface area (Å²) in [6, 6.07) is 5.16. The van der Waals surface area contributed by atoms with Crippen LogP contribution in [0.15, 0.2) is 30.9 Å². The summed E-state index contributed by atoms with van der Waals surface area (Å²) in [7, 11) is 0. The summed E-state index contributed by atoms with van der Waals surface area (Å²) in [5, 5.41) is 0. The van der Waals surface area contributed by atoms with Crippen LogP contribution in [0.3, 0.4) is 0 Å². The van der Waals surface area contributed by atoms with E-state index in [1.807, 2.05) is 6.07 Å². The minimum Gasteiger partial charge on any atom is -0.393 e. The molecule has 0 radical (unpaired) electrons. The number of nitrogens with zero attached hydrogens (tertiary/aromatic N) is 1. The van der Waals surface area contributed by atoms with Gasteiger partial charge in [-0.05, 0) is 18.1 Å². The maximum Gasteiger partial charge on any atom is 0.260 e. The van der Waals surface area contributed by atoms with Crippen LogP contribution < -0.4 is 5.73 Å². The van der Waals surface area contributed by atoms with Crippen LogP contribution in [0.1, 0.15) is 5.56 Å². The fourth-order valence-electron chi connectivity index (χ4n) is 1.06. The molecule has 0 unspecified atom stereocenters. The molecule has 0 spiro atoms. The first kappa shape index (κ1) is 9.67. The van der Waals surface area contributed by atoms with Crippen LogP contribution in [0.25, 0.3) is 0 Å². The van der Waals surface area contributed by atoms with E-state index in [0.717, 1.165) is 12.0 Å². The largest absolute Gasteiger partial charge is 0.393 e. The average molecular weight is 194 g/mol. The molecule has 4 heteroatoms. The maximum absolute atomic E-state index is 10.8. The van der Waals surface area contributed by atoms with Crippen LogP contribution in [-0.4, -0.2) is 4.17 Å². The second kappa shape index (κ2) is 4.00. The van der Waals surface area contributed by atoms with Gasteiger partial charge in [0.05, 0.1) is 0 Å². The first-order valence-corrected chi connectivity index (χ1v) is 4.15. The van der Waals surface area contributed by atoms with Crippen molar-refractivity contribution in [1.82, 2.24) is 0 Å². The van der Waals surface area contributed by atoms with Crippen LogP contribution >= 0.6 is 0 Å². The first-order chi connectivity index (χ1) is 6.15. The minimum absolute atomic E-state index is 0.322. The van der Waals surface area contributed by atoms with Crippen LogP contribution in [0.5, 0.6) is 0 Å². The molecule has 0 heterocycles. The number of hydrogen-bond donors (Lipinski definition) is 1. The minimum atomic E-state index is 0.322. The monoisotopic (exact) mass is 194 g/mol. The van der Waals surface area contributed by atoms with Crippen LogP contribution in [-0.2, 0) is 19.2 Å². The number of hydrogen-bond acceptors (Lipinski definition) is 3. The number of anilines is 1. The molecule has 1 aromatic rings. The van der Waals surface area contributed by atoms with Gasteiger partial charge in [-0.1, -0.05) is 16.3 Å². The van der Waals surface area contributed by atoms with Gasteiger partial charge in [0.2, 0.25) is 0 Å². The van der Waals surface area contributed by atoms with Crippen molar-refractivity contribution in [3.63, 3.8) is 0 Å². The predicted octanol–water partition coefficient (Wildman–Crippen LogP) is 1.87. The van der Waals surface area contributed by atoms with E-state index in [1.54, 1.807) is 18.2 Å². The van der Waals surface area contributed by atoms with Gasteiger partial charge >= 0.3 is 0 Å². The highest BCUT2D eigenvalue weighted by molar-refractivity contribution is 7.51. The first-order valence-electron chi connectivity index (χ1n) is 3.79. The molecule has 0 aliphatic carbocycles. The second-order valence-corrected chi connectivity index (χ2v) is 2.97. The third kappa shape index (κ3) is 2.26. The third-order valence-electron chi connectivity index (χ3n) is 1.67. The van der Waals surface area contributed by atoms with E-state index in [2.05, 4.69) is 19.4 Å². The van der Waals surface area contributed by atoms with Gasteiger partial charge in [0.25, 0.3) is 5.69 Å². The molecule has 0 saturated heterocycles. The Labute approximate surface area is 82.4 Å². The molecular formula is C9H10N2OS. The number of rotatable bonds is 3. The molecule has 13 heavy (non-hydrogen) atoms. The summed E-state index contributed by atoms with van der Waals surface area (Å²) >= 11 is 4.42. The third-order valence-corrected chi connectivity index (χ3v) is 1.87. The summed E-state index contributed by atoms with van der Waals surface area (Å²) in [6.07, 6.45) is 2.51. The molecule has 0 bridgehead atoms. The second-order valence-electron chi connectivity index (χ2n) is 2.64. The van der Waals surface area contributed by atoms with E-state index in [0.29, 0.717) is 15.5 Å². The van der Waals surface area contributed by atoms with Gasteiger partial charge in [-0.15, -0.1) is 6.58 Å². The lowest BCUT2D eigenvalue weighted by atomic mass is 10.1. The van der Waals surface area contributed by atoms with Gasteiger partial charge < -0.3 is 18.5 Å². The highest BCUT2D eigenvalue weighted by atomic mass is 32.1. The van der Waals surface area contributed by atoms with Gasteiger partial charge in [0.1, 0.15) is 5.69 Å². The quantitative estimate of drug-likeness (QED) is 0.346. The fraction of sp³-hybridized carbons (Fsp3) is 0.111. The highest BCUT2D eigenvalue weighted by Gasteiger charge is 2.07. The topological polar surface area (TPSA) is 46.1 Å². The zero-order valence-corrected chi connectivity index (χ0v) is 7.88. The van der Waals surface area contributed by atoms with Gasteiger partial charge in [-0.25, -0.2) is 0 Å². The summed E-state index contributed by atoms with van der Waals surface area (Å²) in [6.45, 7) is 3.61. The molecule has 0 amide bonds. The van der Waals surface area contributed by atoms with E-state index < -0.39 is 0 Å². The van der Waals surface area contributed by atoms with Crippen molar-refractivity contribution >= 4 is 24.2 Å². The Kier molecular flexibility index (Phi) is 2.97. The number of nitrogens with two attached hydrogens (primary N) is 1. The molecule has 2 N–H and O–H groups in total. The molecule has 68 valence electrons. The lowest BCUT2D eigenvalue weighted by Crippen LogP contribution is -1.96. The van der Waals surface area contributed by atoms with E-state index in [9.17, 15) is 4.91 Å². The molecule has 0 aliphatic rings. The van der Waals surface area contributed by atoms with Crippen molar-refractivity contribution in [3.05, 3.63) is 41.3 Å². The van der Waals surface area contributed by atoms with Crippen LogP contribution in [0, 0.1) is 4.91 Å². The van der Waals surface area contributed by atoms with Crippen molar-refractivity contribution < 1.29 is 4.17 Å². The Morgan fingerprint density at radius 2 is 2.31 bits per heavy atom. The highest BCUT2D eigenvalue weighted by Crippen LogP contribution is 2.22. The number of nitrogen functional groups attached to an aromatic ring is 1. The van der Waals surface area contributed by atoms with Gasteiger partial charge in [-0.3, -0.25) is 0 Å². The molecule has 0 aromatic heterocycles. The zero-order valence-electron chi connectivity index (χ0n) is 7.06. The molecular weight excluding hydrogens is 184 g/mol. The Morgan fingerprint density at radius 3 is 2.77 bits per heavy atom. The van der Waals surface area contributed by atoms with Gasteiger partial charge in [-0.2, -0.15) is 0 Å². The van der Waals surface area contributed by atoms with Crippen LogP contribution in [0.4, 0.5) is 11.4 Å². The maximum atomic E-state index is 10.8. The molecule has 0 atom stereocenters. The Balaban J connectivity index is 3.05. The Morgan fingerprint density at radius 1 is 1.62 bits per heavy atom.